The second-order valence-corrected chi connectivity index (χ2v) is 6.05. The second kappa shape index (κ2) is 7.03. The van der Waals surface area contributed by atoms with Crippen LogP contribution < -0.4 is 5.32 Å². The third-order valence-electron chi connectivity index (χ3n) is 2.64. The molecule has 1 N–H and O–H groups in total. The predicted molar refractivity (Wildman–Crippen MR) is 75.4 cm³/mol. The van der Waals surface area contributed by atoms with Crippen LogP contribution in [0, 0.1) is 11.3 Å². The van der Waals surface area contributed by atoms with Gasteiger partial charge in [0.25, 0.3) is 0 Å². The maximum atomic E-state index is 12.3. The molecule has 0 aliphatic carbocycles. The van der Waals surface area contributed by atoms with Gasteiger partial charge in [-0.15, -0.1) is 0 Å². The van der Waals surface area contributed by atoms with Crippen LogP contribution in [0.15, 0.2) is 29.2 Å². The molecule has 1 amide bonds. The van der Waals surface area contributed by atoms with E-state index in [0.717, 1.165) is 0 Å². The molecule has 1 rings (SSSR count). The lowest BCUT2D eigenvalue weighted by molar-refractivity contribution is -0.114. The standard InChI is InChI=1S/C13H17N3O3S/c1-3-16(10-4-9-14)20(18,19)13-7-5-12(6-8-13)15-11(2)17/h5-8H,3-4,10H2,1-2H3,(H,15,17). The molecule has 0 aromatic heterocycles. The number of nitriles is 1. The number of nitrogens with zero attached hydrogens (tertiary/aromatic N) is 2. The maximum absolute atomic E-state index is 12.3. The average molecular weight is 295 g/mol. The molecule has 0 bridgehead atoms. The molecule has 108 valence electrons. The summed E-state index contributed by atoms with van der Waals surface area (Å²) in [5.74, 6) is -0.218. The molecular weight excluding hydrogens is 278 g/mol. The van der Waals surface area contributed by atoms with E-state index >= 15 is 0 Å². The van der Waals surface area contributed by atoms with Gasteiger partial charge in [-0.2, -0.15) is 9.57 Å². The second-order valence-electron chi connectivity index (χ2n) is 4.11. The molecule has 1 aromatic carbocycles. The molecule has 20 heavy (non-hydrogen) atoms. The van der Waals surface area contributed by atoms with Crippen molar-refractivity contribution in [2.24, 2.45) is 0 Å². The third-order valence-corrected chi connectivity index (χ3v) is 4.63. The van der Waals surface area contributed by atoms with Crippen LogP contribution in [0.2, 0.25) is 0 Å². The van der Waals surface area contributed by atoms with Crippen LogP contribution in [0.3, 0.4) is 0 Å². The number of hydrogen-bond donors (Lipinski definition) is 1. The fraction of sp³-hybridized carbons (Fsp3) is 0.385. The molecule has 0 heterocycles. The van der Waals surface area contributed by atoms with E-state index in [1.165, 1.54) is 35.5 Å². The van der Waals surface area contributed by atoms with E-state index in [2.05, 4.69) is 5.32 Å². The van der Waals surface area contributed by atoms with E-state index in [1.807, 2.05) is 6.07 Å². The third kappa shape index (κ3) is 4.05. The first-order chi connectivity index (χ1) is 9.41. The van der Waals surface area contributed by atoms with Gasteiger partial charge in [-0.1, -0.05) is 6.92 Å². The number of amides is 1. The van der Waals surface area contributed by atoms with Crippen molar-refractivity contribution in [1.82, 2.24) is 4.31 Å². The molecule has 0 aliphatic heterocycles. The zero-order valence-corrected chi connectivity index (χ0v) is 12.3. The van der Waals surface area contributed by atoms with E-state index in [0.29, 0.717) is 12.2 Å². The zero-order valence-electron chi connectivity index (χ0n) is 11.5. The fourth-order valence-electron chi connectivity index (χ4n) is 1.69. The number of carbonyl (C=O) groups excluding carboxylic acids is 1. The first-order valence-electron chi connectivity index (χ1n) is 6.16. The lowest BCUT2D eigenvalue weighted by atomic mass is 10.3. The van der Waals surface area contributed by atoms with Gasteiger partial charge in [-0.05, 0) is 24.3 Å². The number of rotatable bonds is 6. The van der Waals surface area contributed by atoms with Crippen LogP contribution in [0.25, 0.3) is 0 Å². The van der Waals surface area contributed by atoms with Crippen molar-refractivity contribution >= 4 is 21.6 Å². The average Bonchev–Trinajstić information content (AvgIpc) is 2.39. The Labute approximate surface area is 119 Å². The van der Waals surface area contributed by atoms with E-state index in [4.69, 9.17) is 5.26 Å². The first kappa shape index (κ1) is 16.1. The van der Waals surface area contributed by atoms with Crippen LogP contribution in [-0.2, 0) is 14.8 Å². The Hall–Kier alpha value is -1.91. The van der Waals surface area contributed by atoms with Crippen molar-refractivity contribution < 1.29 is 13.2 Å². The van der Waals surface area contributed by atoms with Gasteiger partial charge >= 0.3 is 0 Å². The van der Waals surface area contributed by atoms with Crippen LogP contribution in [0.1, 0.15) is 20.3 Å². The zero-order chi connectivity index (χ0) is 15.2. The minimum absolute atomic E-state index is 0.145. The maximum Gasteiger partial charge on any atom is 0.243 e. The van der Waals surface area contributed by atoms with Gasteiger partial charge in [0.05, 0.1) is 11.0 Å². The highest BCUT2D eigenvalue weighted by Crippen LogP contribution is 2.18. The van der Waals surface area contributed by atoms with Gasteiger partial charge in [0.15, 0.2) is 0 Å². The molecular formula is C13H17N3O3S. The van der Waals surface area contributed by atoms with Crippen molar-refractivity contribution in [3.05, 3.63) is 24.3 Å². The van der Waals surface area contributed by atoms with Gasteiger partial charge < -0.3 is 5.32 Å². The number of benzene rings is 1. The predicted octanol–water partition coefficient (Wildman–Crippen LogP) is 1.57. The molecule has 0 radical (unpaired) electrons. The van der Waals surface area contributed by atoms with Crippen molar-refractivity contribution in [2.75, 3.05) is 18.4 Å². The molecule has 0 unspecified atom stereocenters. The van der Waals surface area contributed by atoms with Crippen LogP contribution >= 0.6 is 0 Å². The summed E-state index contributed by atoms with van der Waals surface area (Å²) in [5, 5.41) is 11.1. The number of sulfonamides is 1. The van der Waals surface area contributed by atoms with Crippen molar-refractivity contribution in [1.29, 1.82) is 5.26 Å². The number of nitrogens with one attached hydrogen (secondary N) is 1. The van der Waals surface area contributed by atoms with E-state index in [-0.39, 0.29) is 23.8 Å². The van der Waals surface area contributed by atoms with Gasteiger partial charge in [-0.25, -0.2) is 8.42 Å². The molecule has 0 saturated heterocycles. The summed E-state index contributed by atoms with van der Waals surface area (Å²) < 4.78 is 25.9. The minimum atomic E-state index is -3.60. The van der Waals surface area contributed by atoms with Crippen LogP contribution in [-0.4, -0.2) is 31.7 Å². The Morgan fingerprint density at radius 1 is 1.35 bits per heavy atom. The molecule has 6 nitrogen and oxygen atoms in total. The van der Waals surface area contributed by atoms with Gasteiger partial charge in [0, 0.05) is 32.1 Å². The summed E-state index contributed by atoms with van der Waals surface area (Å²) in [5.41, 5.74) is 0.538. The van der Waals surface area contributed by atoms with E-state index < -0.39 is 10.0 Å². The number of anilines is 1. The van der Waals surface area contributed by atoms with E-state index in [1.54, 1.807) is 6.92 Å². The summed E-state index contributed by atoms with van der Waals surface area (Å²) in [6, 6.07) is 7.88. The van der Waals surface area contributed by atoms with Crippen molar-refractivity contribution in [2.45, 2.75) is 25.2 Å². The summed E-state index contributed by atoms with van der Waals surface area (Å²) in [6.45, 7) is 3.58. The number of carbonyl (C=O) groups is 1. The lowest BCUT2D eigenvalue weighted by Gasteiger charge is -2.19. The molecule has 0 fully saturated rings. The Kier molecular flexibility index (Phi) is 5.67. The number of hydrogen-bond acceptors (Lipinski definition) is 4. The summed E-state index contributed by atoms with van der Waals surface area (Å²) in [4.78, 5) is 11.0. The lowest BCUT2D eigenvalue weighted by Crippen LogP contribution is -2.31. The minimum Gasteiger partial charge on any atom is -0.326 e. The molecule has 0 saturated carbocycles. The highest BCUT2D eigenvalue weighted by Gasteiger charge is 2.22. The SMILES string of the molecule is CCN(CCC#N)S(=O)(=O)c1ccc(NC(C)=O)cc1. The summed E-state index contributed by atoms with van der Waals surface area (Å²) >= 11 is 0. The Balaban J connectivity index is 2.97. The molecule has 1 aromatic rings. The summed E-state index contributed by atoms with van der Waals surface area (Å²) in [6.07, 6.45) is 0.150. The highest BCUT2D eigenvalue weighted by atomic mass is 32.2. The smallest absolute Gasteiger partial charge is 0.243 e. The highest BCUT2D eigenvalue weighted by molar-refractivity contribution is 7.89. The molecule has 0 spiro atoms. The topological polar surface area (TPSA) is 90.3 Å². The Bertz CT molecular complexity index is 603. The van der Waals surface area contributed by atoms with Crippen molar-refractivity contribution in [3.63, 3.8) is 0 Å². The largest absolute Gasteiger partial charge is 0.326 e. The van der Waals surface area contributed by atoms with Crippen LogP contribution in [0.5, 0.6) is 0 Å². The Morgan fingerprint density at radius 2 is 1.95 bits per heavy atom. The van der Waals surface area contributed by atoms with Gasteiger partial charge in [0.1, 0.15) is 0 Å². The Morgan fingerprint density at radius 3 is 2.40 bits per heavy atom. The van der Waals surface area contributed by atoms with Gasteiger partial charge in [0.2, 0.25) is 15.9 Å². The van der Waals surface area contributed by atoms with Crippen LogP contribution in [0.4, 0.5) is 5.69 Å². The fourth-order valence-corrected chi connectivity index (χ4v) is 3.14. The monoisotopic (exact) mass is 295 g/mol. The summed E-state index contributed by atoms with van der Waals surface area (Å²) in [7, 11) is -3.60. The van der Waals surface area contributed by atoms with E-state index in [9.17, 15) is 13.2 Å². The quantitative estimate of drug-likeness (QED) is 0.862. The van der Waals surface area contributed by atoms with Crippen molar-refractivity contribution in [3.8, 4) is 6.07 Å². The molecule has 0 atom stereocenters. The molecule has 7 heteroatoms. The molecule has 0 aliphatic rings. The van der Waals surface area contributed by atoms with Gasteiger partial charge in [-0.3, -0.25) is 4.79 Å². The first-order valence-corrected chi connectivity index (χ1v) is 7.60. The normalized spacial score (nSPS) is 11.1.